The molecule has 5 nitrogen and oxygen atoms in total. The minimum atomic E-state index is -0.133. The Balaban J connectivity index is 0.00000242. The van der Waals surface area contributed by atoms with Gasteiger partial charge in [0.25, 0.3) is 0 Å². The Morgan fingerprint density at radius 3 is 2.64 bits per heavy atom. The van der Waals surface area contributed by atoms with Gasteiger partial charge in [0.15, 0.2) is 0 Å². The Bertz CT molecular complexity index is 482. The molecule has 1 aromatic rings. The molecule has 0 bridgehead atoms. The number of benzene rings is 1. The largest absolute Gasteiger partial charge is 0.350 e. The molecule has 2 atom stereocenters. The molecule has 2 rings (SSSR count). The number of carbonyl (C=O) groups excluding carboxylic acids is 2. The van der Waals surface area contributed by atoms with Gasteiger partial charge in [-0.05, 0) is 24.4 Å². The van der Waals surface area contributed by atoms with E-state index in [0.717, 1.165) is 25.1 Å². The van der Waals surface area contributed by atoms with Gasteiger partial charge in [-0.1, -0.05) is 37.3 Å². The molecule has 1 saturated heterocycles. The molecule has 1 aromatic carbocycles. The lowest BCUT2D eigenvalue weighted by molar-refractivity contribution is -0.126. The van der Waals surface area contributed by atoms with Gasteiger partial charge in [-0.3, -0.25) is 9.59 Å². The fourth-order valence-corrected chi connectivity index (χ4v) is 2.46. The summed E-state index contributed by atoms with van der Waals surface area (Å²) in [6, 6.07) is 9.65. The maximum atomic E-state index is 11.9. The van der Waals surface area contributed by atoms with Crippen LogP contribution in [0.1, 0.15) is 18.9 Å². The number of nitrogens with one attached hydrogen (secondary N) is 3. The van der Waals surface area contributed by atoms with Gasteiger partial charge in [-0.2, -0.15) is 0 Å². The standard InChI is InChI=1S/C16H23N3O2.ClH/c1-12-7-8-17-10-14(12)19-16(21)11-18-15(20)9-13-5-3-2-4-6-13;/h2-6,12,14,17H,7-11H2,1H3,(H,18,20)(H,19,21);1H. The third kappa shape index (κ3) is 6.03. The van der Waals surface area contributed by atoms with Crippen LogP contribution in [0.25, 0.3) is 0 Å². The van der Waals surface area contributed by atoms with Gasteiger partial charge in [-0.25, -0.2) is 0 Å². The Morgan fingerprint density at radius 2 is 1.95 bits per heavy atom. The van der Waals surface area contributed by atoms with Gasteiger partial charge in [0.1, 0.15) is 0 Å². The van der Waals surface area contributed by atoms with Gasteiger partial charge in [0.2, 0.25) is 11.8 Å². The average Bonchev–Trinajstić information content (AvgIpc) is 2.49. The molecule has 0 aliphatic carbocycles. The fourth-order valence-electron chi connectivity index (χ4n) is 2.46. The molecule has 6 heteroatoms. The third-order valence-corrected chi connectivity index (χ3v) is 3.83. The van der Waals surface area contributed by atoms with Gasteiger partial charge in [0.05, 0.1) is 13.0 Å². The second kappa shape index (κ2) is 9.43. The highest BCUT2D eigenvalue weighted by Crippen LogP contribution is 2.10. The number of hydrogen-bond acceptors (Lipinski definition) is 3. The monoisotopic (exact) mass is 325 g/mol. The summed E-state index contributed by atoms with van der Waals surface area (Å²) < 4.78 is 0. The minimum absolute atomic E-state index is 0. The van der Waals surface area contributed by atoms with E-state index in [2.05, 4.69) is 22.9 Å². The zero-order chi connectivity index (χ0) is 15.1. The Labute approximate surface area is 137 Å². The summed E-state index contributed by atoms with van der Waals surface area (Å²) in [5, 5.41) is 8.90. The summed E-state index contributed by atoms with van der Waals surface area (Å²) in [7, 11) is 0. The summed E-state index contributed by atoms with van der Waals surface area (Å²) in [6.07, 6.45) is 1.36. The summed E-state index contributed by atoms with van der Waals surface area (Å²) in [5.41, 5.74) is 0.945. The summed E-state index contributed by atoms with van der Waals surface area (Å²) >= 11 is 0. The second-order valence-electron chi connectivity index (χ2n) is 5.58. The van der Waals surface area contributed by atoms with Crippen molar-refractivity contribution < 1.29 is 9.59 Å². The lowest BCUT2D eigenvalue weighted by atomic mass is 9.95. The van der Waals surface area contributed by atoms with E-state index in [1.54, 1.807) is 0 Å². The molecule has 0 saturated carbocycles. The van der Waals surface area contributed by atoms with E-state index in [1.807, 2.05) is 30.3 Å². The molecular weight excluding hydrogens is 302 g/mol. The van der Waals surface area contributed by atoms with Crippen molar-refractivity contribution in [2.24, 2.45) is 5.92 Å². The molecule has 22 heavy (non-hydrogen) atoms. The Kier molecular flexibility index (Phi) is 7.91. The van der Waals surface area contributed by atoms with Crippen LogP contribution in [0.4, 0.5) is 0 Å². The van der Waals surface area contributed by atoms with Crippen molar-refractivity contribution >= 4 is 24.2 Å². The highest BCUT2D eigenvalue weighted by Gasteiger charge is 2.22. The molecule has 2 unspecified atom stereocenters. The molecule has 0 aromatic heterocycles. The number of halogens is 1. The van der Waals surface area contributed by atoms with Crippen LogP contribution in [-0.4, -0.2) is 37.5 Å². The molecule has 0 spiro atoms. The Morgan fingerprint density at radius 1 is 1.23 bits per heavy atom. The average molecular weight is 326 g/mol. The Hall–Kier alpha value is -1.59. The van der Waals surface area contributed by atoms with Crippen molar-refractivity contribution in [2.45, 2.75) is 25.8 Å². The highest BCUT2D eigenvalue weighted by atomic mass is 35.5. The number of piperidine rings is 1. The molecule has 1 aliphatic rings. The van der Waals surface area contributed by atoms with Crippen molar-refractivity contribution in [1.29, 1.82) is 0 Å². The number of carbonyl (C=O) groups is 2. The van der Waals surface area contributed by atoms with Crippen molar-refractivity contribution in [3.05, 3.63) is 35.9 Å². The molecule has 2 amide bonds. The first kappa shape index (κ1) is 18.5. The van der Waals surface area contributed by atoms with E-state index in [1.165, 1.54) is 0 Å². The lowest BCUT2D eigenvalue weighted by Gasteiger charge is -2.30. The predicted octanol–water partition coefficient (Wildman–Crippen LogP) is 0.881. The third-order valence-electron chi connectivity index (χ3n) is 3.83. The zero-order valence-electron chi connectivity index (χ0n) is 12.8. The van der Waals surface area contributed by atoms with Gasteiger partial charge >= 0.3 is 0 Å². The van der Waals surface area contributed by atoms with Crippen LogP contribution in [0.15, 0.2) is 30.3 Å². The first-order valence-electron chi connectivity index (χ1n) is 7.46. The van der Waals surface area contributed by atoms with Gasteiger partial charge < -0.3 is 16.0 Å². The first-order valence-corrected chi connectivity index (χ1v) is 7.46. The molecule has 3 N–H and O–H groups in total. The SMILES string of the molecule is CC1CCNCC1NC(=O)CNC(=O)Cc1ccccc1.Cl. The topological polar surface area (TPSA) is 70.2 Å². The van der Waals surface area contributed by atoms with Crippen LogP contribution in [0.2, 0.25) is 0 Å². The number of hydrogen-bond donors (Lipinski definition) is 3. The van der Waals surface area contributed by atoms with Crippen LogP contribution in [0, 0.1) is 5.92 Å². The van der Waals surface area contributed by atoms with Crippen LogP contribution >= 0.6 is 12.4 Å². The molecule has 0 radical (unpaired) electrons. The van der Waals surface area contributed by atoms with E-state index < -0.39 is 0 Å². The van der Waals surface area contributed by atoms with E-state index in [9.17, 15) is 9.59 Å². The summed E-state index contributed by atoms with van der Waals surface area (Å²) in [4.78, 5) is 23.6. The predicted molar refractivity (Wildman–Crippen MR) is 89.0 cm³/mol. The van der Waals surface area contributed by atoms with E-state index in [4.69, 9.17) is 0 Å². The smallest absolute Gasteiger partial charge is 0.239 e. The molecule has 1 fully saturated rings. The van der Waals surface area contributed by atoms with Crippen LogP contribution < -0.4 is 16.0 Å². The van der Waals surface area contributed by atoms with Crippen LogP contribution in [0.5, 0.6) is 0 Å². The van der Waals surface area contributed by atoms with Crippen molar-refractivity contribution in [3.8, 4) is 0 Å². The highest BCUT2D eigenvalue weighted by molar-refractivity contribution is 5.86. The maximum Gasteiger partial charge on any atom is 0.239 e. The second-order valence-corrected chi connectivity index (χ2v) is 5.58. The van der Waals surface area contributed by atoms with Gasteiger partial charge in [-0.15, -0.1) is 12.4 Å². The molecule has 1 aliphatic heterocycles. The van der Waals surface area contributed by atoms with Crippen LogP contribution in [-0.2, 0) is 16.0 Å². The quantitative estimate of drug-likeness (QED) is 0.752. The lowest BCUT2D eigenvalue weighted by Crippen LogP contribution is -2.52. The normalized spacial score (nSPS) is 20.6. The van der Waals surface area contributed by atoms with Gasteiger partial charge in [0, 0.05) is 12.6 Å². The van der Waals surface area contributed by atoms with E-state index >= 15 is 0 Å². The zero-order valence-corrected chi connectivity index (χ0v) is 13.6. The maximum absolute atomic E-state index is 11.9. The molecular formula is C16H24ClN3O2. The summed E-state index contributed by atoms with van der Waals surface area (Å²) in [6.45, 7) is 3.97. The first-order chi connectivity index (χ1) is 10.1. The van der Waals surface area contributed by atoms with E-state index in [-0.39, 0.29) is 36.8 Å². The van der Waals surface area contributed by atoms with E-state index in [0.29, 0.717) is 12.3 Å². The fraction of sp³-hybridized carbons (Fsp3) is 0.500. The molecule has 1 heterocycles. The minimum Gasteiger partial charge on any atom is -0.350 e. The summed E-state index contributed by atoms with van der Waals surface area (Å²) in [5.74, 6) is 0.207. The number of amides is 2. The molecule has 122 valence electrons. The number of rotatable bonds is 5. The van der Waals surface area contributed by atoms with Crippen molar-refractivity contribution in [3.63, 3.8) is 0 Å². The van der Waals surface area contributed by atoms with Crippen molar-refractivity contribution in [2.75, 3.05) is 19.6 Å². The van der Waals surface area contributed by atoms with Crippen LogP contribution in [0.3, 0.4) is 0 Å². The van der Waals surface area contributed by atoms with Crippen molar-refractivity contribution in [1.82, 2.24) is 16.0 Å².